The summed E-state index contributed by atoms with van der Waals surface area (Å²) in [5, 5.41) is 18.5. The summed E-state index contributed by atoms with van der Waals surface area (Å²) in [7, 11) is -4.86. The number of hydrogen-bond acceptors (Lipinski definition) is 7. The van der Waals surface area contributed by atoms with Gasteiger partial charge in [-0.15, -0.1) is 0 Å². The van der Waals surface area contributed by atoms with Crippen LogP contribution >= 0.6 is 0 Å². The highest BCUT2D eigenvalue weighted by Crippen LogP contribution is 2.30. The van der Waals surface area contributed by atoms with E-state index in [1.165, 1.54) is 0 Å². The van der Waals surface area contributed by atoms with Crippen LogP contribution in [0.4, 0.5) is 0 Å². The number of aromatic hydroxyl groups is 2. The fourth-order valence-electron chi connectivity index (χ4n) is 1.30. The molecule has 0 saturated carbocycles. The molecule has 0 unspecified atom stereocenters. The minimum atomic E-state index is -4.86. The molecule has 0 aliphatic heterocycles. The van der Waals surface area contributed by atoms with Gasteiger partial charge in [-0.25, -0.2) is 4.79 Å². The third-order valence-corrected chi connectivity index (χ3v) is 2.38. The van der Waals surface area contributed by atoms with Crippen LogP contribution in [-0.4, -0.2) is 23.2 Å². The lowest BCUT2D eigenvalue weighted by Gasteiger charge is -2.03. The van der Waals surface area contributed by atoms with Crippen molar-refractivity contribution in [2.24, 2.45) is 0 Å². The van der Waals surface area contributed by atoms with E-state index in [2.05, 4.69) is 8.60 Å². The first kappa shape index (κ1) is 12.2. The van der Waals surface area contributed by atoms with Gasteiger partial charge < -0.3 is 18.8 Å². The van der Waals surface area contributed by atoms with E-state index in [0.29, 0.717) is 0 Å². The molecule has 0 fully saturated rings. The first-order chi connectivity index (χ1) is 8.26. The molecule has 0 saturated heterocycles. The molecule has 0 radical (unpaired) electrons. The van der Waals surface area contributed by atoms with Crippen molar-refractivity contribution < 1.29 is 31.8 Å². The lowest BCUT2D eigenvalue weighted by molar-refractivity contribution is 0.376. The van der Waals surface area contributed by atoms with Crippen molar-refractivity contribution in [3.8, 4) is 17.2 Å². The molecule has 9 heteroatoms. The second-order valence-corrected chi connectivity index (χ2v) is 4.31. The van der Waals surface area contributed by atoms with Crippen LogP contribution in [0.15, 0.2) is 27.4 Å². The molecule has 0 spiro atoms. The molecule has 2 aromatic rings. The average Bonchev–Trinajstić information content (AvgIpc) is 2.20. The second-order valence-electron chi connectivity index (χ2n) is 3.29. The molecule has 0 aliphatic rings. The quantitative estimate of drug-likeness (QED) is 0.406. The minimum absolute atomic E-state index is 0.0852. The van der Waals surface area contributed by atoms with Crippen molar-refractivity contribution >= 4 is 21.4 Å². The van der Waals surface area contributed by atoms with E-state index in [1.54, 1.807) is 0 Å². The van der Waals surface area contributed by atoms with E-state index in [0.717, 1.165) is 18.2 Å². The Morgan fingerprint density at radius 2 is 1.72 bits per heavy atom. The number of fused-ring (bicyclic) bond motifs is 1. The maximum Gasteiger partial charge on any atom is 0.446 e. The fraction of sp³-hybridized carbons (Fsp3) is 0. The largest absolute Gasteiger partial charge is 0.504 e. The van der Waals surface area contributed by atoms with Gasteiger partial charge in [-0.05, 0) is 6.07 Å². The SMILES string of the molecule is O=c1oc2cc(O)c(O)cc2cc1OS(=O)(=O)O. The van der Waals surface area contributed by atoms with E-state index in [4.69, 9.17) is 4.55 Å². The monoisotopic (exact) mass is 274 g/mol. The molecule has 1 aromatic carbocycles. The molecule has 96 valence electrons. The second kappa shape index (κ2) is 3.89. The summed E-state index contributed by atoms with van der Waals surface area (Å²) in [6, 6.07) is 2.95. The lowest BCUT2D eigenvalue weighted by atomic mass is 10.2. The maximum atomic E-state index is 11.3. The molecule has 1 aromatic heterocycles. The van der Waals surface area contributed by atoms with Gasteiger partial charge in [0.1, 0.15) is 5.58 Å². The molecule has 0 aliphatic carbocycles. The summed E-state index contributed by atoms with van der Waals surface area (Å²) >= 11 is 0. The van der Waals surface area contributed by atoms with Gasteiger partial charge in [0.25, 0.3) is 0 Å². The number of benzene rings is 1. The average molecular weight is 274 g/mol. The lowest BCUT2D eigenvalue weighted by Crippen LogP contribution is -2.13. The third kappa shape index (κ3) is 2.36. The van der Waals surface area contributed by atoms with E-state index in [9.17, 15) is 23.4 Å². The number of phenolic OH excluding ortho intramolecular Hbond substituents is 2. The standard InChI is InChI=1S/C9H6O8S/c10-5-1-4-2-8(17-18(13,14)15)9(12)16-7(4)3-6(5)11/h1-3,10-11H,(H,13,14,15). The Balaban J connectivity index is 2.69. The zero-order chi connectivity index (χ0) is 13.5. The van der Waals surface area contributed by atoms with Gasteiger partial charge in [0.15, 0.2) is 11.5 Å². The van der Waals surface area contributed by atoms with Crippen molar-refractivity contribution in [3.63, 3.8) is 0 Å². The van der Waals surface area contributed by atoms with Crippen molar-refractivity contribution in [2.45, 2.75) is 0 Å². The number of rotatable bonds is 2. The zero-order valence-electron chi connectivity index (χ0n) is 8.52. The predicted octanol–water partition coefficient (Wildman–Crippen LogP) is 0.386. The molecule has 0 amide bonds. The maximum absolute atomic E-state index is 11.3. The normalized spacial score (nSPS) is 11.6. The Labute approximate surface area is 99.6 Å². The summed E-state index contributed by atoms with van der Waals surface area (Å²) in [4.78, 5) is 11.3. The molecule has 18 heavy (non-hydrogen) atoms. The van der Waals surface area contributed by atoms with Gasteiger partial charge in [0, 0.05) is 17.5 Å². The summed E-state index contributed by atoms with van der Waals surface area (Å²) in [6.07, 6.45) is 0. The van der Waals surface area contributed by atoms with Crippen LogP contribution in [0, 0.1) is 0 Å². The van der Waals surface area contributed by atoms with E-state index in [1.807, 2.05) is 0 Å². The van der Waals surface area contributed by atoms with Crippen molar-refractivity contribution in [1.82, 2.24) is 0 Å². The first-order valence-corrected chi connectivity index (χ1v) is 5.79. The Hall–Kier alpha value is -2.26. The molecule has 3 N–H and O–H groups in total. The molecule has 0 atom stereocenters. The van der Waals surface area contributed by atoms with E-state index >= 15 is 0 Å². The Morgan fingerprint density at radius 3 is 2.33 bits per heavy atom. The summed E-state index contributed by atoms with van der Waals surface area (Å²) in [6.45, 7) is 0. The topological polar surface area (TPSA) is 134 Å². The van der Waals surface area contributed by atoms with Gasteiger partial charge in [-0.3, -0.25) is 4.55 Å². The highest BCUT2D eigenvalue weighted by atomic mass is 32.3. The number of hydrogen-bond donors (Lipinski definition) is 3. The van der Waals surface area contributed by atoms with Crippen molar-refractivity contribution in [1.29, 1.82) is 0 Å². The molecular weight excluding hydrogens is 268 g/mol. The third-order valence-electron chi connectivity index (χ3n) is 1.99. The van der Waals surface area contributed by atoms with E-state index in [-0.39, 0.29) is 11.0 Å². The molecule has 1 heterocycles. The van der Waals surface area contributed by atoms with Gasteiger partial charge in [-0.2, -0.15) is 8.42 Å². The van der Waals surface area contributed by atoms with Crippen LogP contribution < -0.4 is 9.81 Å². The van der Waals surface area contributed by atoms with Crippen LogP contribution in [0.2, 0.25) is 0 Å². The van der Waals surface area contributed by atoms with Gasteiger partial charge in [0.2, 0.25) is 5.75 Å². The van der Waals surface area contributed by atoms with Crippen molar-refractivity contribution in [3.05, 3.63) is 28.6 Å². The summed E-state index contributed by atoms with van der Waals surface area (Å²) in [5.74, 6) is -1.77. The van der Waals surface area contributed by atoms with Gasteiger partial charge in [-0.1, -0.05) is 0 Å². The van der Waals surface area contributed by atoms with Crippen LogP contribution in [-0.2, 0) is 10.4 Å². The van der Waals surface area contributed by atoms with Crippen LogP contribution in [0.25, 0.3) is 11.0 Å². The van der Waals surface area contributed by atoms with Crippen molar-refractivity contribution in [2.75, 3.05) is 0 Å². The highest BCUT2D eigenvalue weighted by Gasteiger charge is 2.14. The molecule has 0 bridgehead atoms. The zero-order valence-corrected chi connectivity index (χ0v) is 9.34. The van der Waals surface area contributed by atoms with E-state index < -0.39 is 33.3 Å². The van der Waals surface area contributed by atoms with Gasteiger partial charge >= 0.3 is 16.0 Å². The summed E-state index contributed by atoms with van der Waals surface area (Å²) < 4.78 is 38.0. The van der Waals surface area contributed by atoms with Crippen LogP contribution in [0.3, 0.4) is 0 Å². The Kier molecular flexibility index (Phi) is 2.64. The Bertz CT molecular complexity index is 773. The molecule has 2 rings (SSSR count). The van der Waals surface area contributed by atoms with Gasteiger partial charge in [0.05, 0.1) is 0 Å². The summed E-state index contributed by atoms with van der Waals surface area (Å²) in [5.41, 5.74) is -1.25. The van der Waals surface area contributed by atoms with Crippen LogP contribution in [0.5, 0.6) is 17.2 Å². The Morgan fingerprint density at radius 1 is 1.11 bits per heavy atom. The minimum Gasteiger partial charge on any atom is -0.504 e. The molecular formula is C9H6O8S. The van der Waals surface area contributed by atoms with Crippen LogP contribution in [0.1, 0.15) is 0 Å². The number of phenols is 2. The first-order valence-electron chi connectivity index (χ1n) is 4.43. The fourth-order valence-corrected chi connectivity index (χ4v) is 1.64. The molecule has 8 nitrogen and oxygen atoms in total. The smallest absolute Gasteiger partial charge is 0.446 e. The predicted molar refractivity (Wildman–Crippen MR) is 58.0 cm³/mol. The highest BCUT2D eigenvalue weighted by molar-refractivity contribution is 7.81.